The molecule has 2 saturated heterocycles. The van der Waals surface area contributed by atoms with E-state index in [0.717, 1.165) is 10.6 Å². The molecule has 3 aromatic carbocycles. The van der Waals surface area contributed by atoms with Crippen LogP contribution in [0.2, 0.25) is 10.0 Å². The molecule has 2 heterocycles. The number of ether oxygens (including phenoxy) is 2. The zero-order valence-corrected chi connectivity index (χ0v) is 28.6. The van der Waals surface area contributed by atoms with Crippen LogP contribution in [0.25, 0.3) is 0 Å². The quantitative estimate of drug-likeness (QED) is 0.213. The fourth-order valence-electron chi connectivity index (χ4n) is 8.59. The largest absolute Gasteiger partial charge is 0.508 e. The van der Waals surface area contributed by atoms with E-state index in [1.165, 1.54) is 31.3 Å². The molecule has 0 spiro atoms. The van der Waals surface area contributed by atoms with Crippen LogP contribution in [0.4, 0.5) is 5.69 Å². The minimum atomic E-state index is -1.58. The van der Waals surface area contributed by atoms with Crippen LogP contribution in [0.5, 0.6) is 17.2 Å². The second kappa shape index (κ2) is 12.4. The molecule has 0 bridgehead atoms. The third-order valence-electron chi connectivity index (χ3n) is 10.7. The number of nitrogens with zero attached hydrogens (tertiary/aromatic N) is 2. The Bertz CT molecular complexity index is 1910. The Labute approximate surface area is 293 Å². The summed E-state index contributed by atoms with van der Waals surface area (Å²) in [6, 6.07) is 16.5. The molecule has 1 saturated carbocycles. The minimum Gasteiger partial charge on any atom is -0.508 e. The van der Waals surface area contributed by atoms with Gasteiger partial charge in [0.15, 0.2) is 0 Å². The summed E-state index contributed by atoms with van der Waals surface area (Å²) in [6.45, 7) is 2.22. The molecule has 0 radical (unpaired) electrons. The number of anilines is 1. The summed E-state index contributed by atoms with van der Waals surface area (Å²) in [5, 5.41) is 13.2. The Kier molecular flexibility index (Phi) is 8.35. The lowest BCUT2D eigenvalue weighted by molar-refractivity contribution is -0.141. The van der Waals surface area contributed by atoms with Gasteiger partial charge in [-0.3, -0.25) is 29.5 Å². The number of hydrogen-bond acceptors (Lipinski definition) is 8. The Morgan fingerprint density at radius 1 is 0.898 bits per heavy atom. The Morgan fingerprint density at radius 2 is 1.61 bits per heavy atom. The summed E-state index contributed by atoms with van der Waals surface area (Å²) in [5.41, 5.74) is 3.35. The van der Waals surface area contributed by atoms with E-state index >= 15 is 4.79 Å². The van der Waals surface area contributed by atoms with E-state index in [2.05, 4.69) is 5.43 Å². The number of aromatic hydroxyl groups is 1. The highest BCUT2D eigenvalue weighted by Gasteiger charge is 2.70. The van der Waals surface area contributed by atoms with E-state index in [1.54, 1.807) is 48.5 Å². The number of carbonyl (C=O) groups is 4. The first kappa shape index (κ1) is 33.0. The van der Waals surface area contributed by atoms with Crippen molar-refractivity contribution in [2.24, 2.45) is 23.7 Å². The van der Waals surface area contributed by atoms with Crippen LogP contribution in [0.3, 0.4) is 0 Å². The molecule has 12 heteroatoms. The number of phenols is 1. The number of amides is 4. The fourth-order valence-corrected chi connectivity index (χ4v) is 9.04. The van der Waals surface area contributed by atoms with Crippen molar-refractivity contribution in [1.82, 2.24) is 9.91 Å². The van der Waals surface area contributed by atoms with Gasteiger partial charge in [-0.1, -0.05) is 60.0 Å². The van der Waals surface area contributed by atoms with Crippen molar-refractivity contribution in [3.05, 3.63) is 93.5 Å². The highest BCUT2D eigenvalue weighted by Crippen LogP contribution is 2.65. The summed E-state index contributed by atoms with van der Waals surface area (Å²) in [6.07, 6.45) is 2.99. The first-order chi connectivity index (χ1) is 23.6. The molecule has 0 aromatic heterocycles. The molecule has 10 nitrogen and oxygen atoms in total. The molecule has 2 aliphatic carbocycles. The number of phenolic OH excluding ortho intramolecular Hbond substituents is 1. The zero-order valence-electron chi connectivity index (χ0n) is 27.1. The highest BCUT2D eigenvalue weighted by molar-refractivity contribution is 6.36. The highest BCUT2D eigenvalue weighted by atomic mass is 35.5. The Balaban J connectivity index is 1.47. The molecule has 6 atom stereocenters. The maximum absolute atomic E-state index is 15.3. The molecule has 4 aliphatic rings. The van der Waals surface area contributed by atoms with Crippen molar-refractivity contribution >= 4 is 52.5 Å². The first-order valence-corrected chi connectivity index (χ1v) is 17.0. The van der Waals surface area contributed by atoms with Gasteiger partial charge in [0.2, 0.25) is 11.8 Å². The van der Waals surface area contributed by atoms with Crippen LogP contribution in [0, 0.1) is 23.7 Å². The van der Waals surface area contributed by atoms with Gasteiger partial charge >= 0.3 is 0 Å². The summed E-state index contributed by atoms with van der Waals surface area (Å²) in [4.78, 5) is 58.9. The van der Waals surface area contributed by atoms with E-state index in [0.29, 0.717) is 52.7 Å². The third kappa shape index (κ3) is 4.90. The van der Waals surface area contributed by atoms with Crippen LogP contribution in [0.1, 0.15) is 43.2 Å². The average molecular weight is 705 g/mol. The van der Waals surface area contributed by atoms with Gasteiger partial charge in [0.05, 0.1) is 48.1 Å². The lowest BCUT2D eigenvalue weighted by atomic mass is 9.49. The average Bonchev–Trinajstić information content (AvgIpc) is 3.47. The maximum atomic E-state index is 15.3. The molecule has 4 amide bonds. The predicted molar refractivity (Wildman–Crippen MR) is 182 cm³/mol. The molecule has 2 N–H and O–H groups in total. The maximum Gasteiger partial charge on any atom is 0.260 e. The molecule has 3 fully saturated rings. The van der Waals surface area contributed by atoms with Gasteiger partial charge in [-0.15, -0.1) is 0 Å². The monoisotopic (exact) mass is 703 g/mol. The minimum absolute atomic E-state index is 0.128. The number of allylic oxidation sites excluding steroid dienone is 2. The number of methoxy groups -OCH3 is 2. The van der Waals surface area contributed by atoms with Crippen LogP contribution in [-0.4, -0.2) is 59.4 Å². The number of carbonyl (C=O) groups excluding carboxylic acids is 4. The van der Waals surface area contributed by atoms with Crippen molar-refractivity contribution in [3.8, 4) is 17.2 Å². The van der Waals surface area contributed by atoms with E-state index in [1.807, 2.05) is 13.0 Å². The van der Waals surface area contributed by atoms with E-state index in [4.69, 9.17) is 32.7 Å². The molecule has 0 unspecified atom stereocenters. The molecule has 49 heavy (non-hydrogen) atoms. The van der Waals surface area contributed by atoms with Crippen LogP contribution >= 0.6 is 23.2 Å². The van der Waals surface area contributed by atoms with Crippen LogP contribution in [-0.2, 0) is 24.6 Å². The van der Waals surface area contributed by atoms with Crippen LogP contribution in [0.15, 0.2) is 72.3 Å². The Hall–Kier alpha value is -4.54. The summed E-state index contributed by atoms with van der Waals surface area (Å²) >= 11 is 12.6. The van der Waals surface area contributed by atoms with Crippen LogP contribution < -0.4 is 14.9 Å². The van der Waals surface area contributed by atoms with E-state index in [-0.39, 0.29) is 29.0 Å². The van der Waals surface area contributed by atoms with Crippen molar-refractivity contribution < 1.29 is 33.8 Å². The van der Waals surface area contributed by atoms with Crippen molar-refractivity contribution in [2.75, 3.05) is 26.2 Å². The number of nitrogens with one attached hydrogen (secondary N) is 1. The number of rotatable bonds is 8. The molecular weight excluding hydrogens is 669 g/mol. The van der Waals surface area contributed by atoms with Gasteiger partial charge in [0, 0.05) is 29.1 Å². The number of hydrogen-bond donors (Lipinski definition) is 2. The van der Waals surface area contributed by atoms with Crippen molar-refractivity contribution in [2.45, 2.75) is 37.5 Å². The normalized spacial score (nSPS) is 27.4. The van der Waals surface area contributed by atoms with E-state index < -0.39 is 46.8 Å². The topological polar surface area (TPSA) is 125 Å². The zero-order chi connectivity index (χ0) is 34.8. The Morgan fingerprint density at radius 3 is 2.27 bits per heavy atom. The predicted octanol–water partition coefficient (Wildman–Crippen LogP) is 6.11. The fraction of sp³-hybridized carbons (Fsp3) is 0.351. The summed E-state index contributed by atoms with van der Waals surface area (Å²) < 4.78 is 10.8. The lowest BCUT2D eigenvalue weighted by Crippen LogP contribution is -2.53. The lowest BCUT2D eigenvalue weighted by Gasteiger charge is -2.50. The molecule has 254 valence electrons. The summed E-state index contributed by atoms with van der Waals surface area (Å²) in [7, 11) is 3.02. The van der Waals surface area contributed by atoms with Gasteiger partial charge in [-0.2, -0.15) is 5.01 Å². The van der Waals surface area contributed by atoms with E-state index in [9.17, 15) is 19.5 Å². The van der Waals surface area contributed by atoms with Gasteiger partial charge < -0.3 is 14.6 Å². The smallest absolute Gasteiger partial charge is 0.260 e. The van der Waals surface area contributed by atoms with Gasteiger partial charge in [-0.25, -0.2) is 0 Å². The van der Waals surface area contributed by atoms with Gasteiger partial charge in [0.25, 0.3) is 11.8 Å². The van der Waals surface area contributed by atoms with Crippen molar-refractivity contribution in [1.29, 1.82) is 0 Å². The molecular formula is C37H35Cl2N3O7. The number of hydrazine groups is 1. The summed E-state index contributed by atoms with van der Waals surface area (Å²) in [5.74, 6) is -4.43. The second-order valence-electron chi connectivity index (χ2n) is 13.0. The number of benzene rings is 3. The third-order valence-corrected chi connectivity index (χ3v) is 11.2. The standard InChI is InChI=1S/C37H35Cl2N3O7/c1-4-15-41-33(44)25-13-12-23-26(31(25)35(41)46)18-27-34(45)42(40-29-14-7-20(38)16-28(29)39)36(47)37(27,19-5-8-21(48-2)9-6-19)32(23)24-11-10-22(49-3)17-30(24)43/h5-12,14,16-17,25-27,31-32,40,43H,4,13,15,18H2,1-3H3/t25-,26+,27-,31-,32+,37+/m0/s1. The second-order valence-corrected chi connectivity index (χ2v) is 13.8. The number of imide groups is 2. The number of fused-ring (bicyclic) bond motifs is 4. The molecule has 2 aliphatic heterocycles. The molecule has 3 aromatic rings. The number of halogens is 2. The SMILES string of the molecule is CCCN1C(=O)[C@H]2[C@H](CC=C3[C@H]2C[C@H]2C(=O)N(Nc4ccc(Cl)cc4Cl)C(=O)[C@@]2(c2ccc(OC)cc2)[C@H]3c2ccc(OC)cc2O)C1=O. The first-order valence-electron chi connectivity index (χ1n) is 16.2. The molecule has 7 rings (SSSR count). The van der Waals surface area contributed by atoms with Gasteiger partial charge in [-0.05, 0) is 67.1 Å². The number of likely N-dealkylation sites (tertiary alicyclic amines) is 1. The van der Waals surface area contributed by atoms with Crippen molar-refractivity contribution in [3.63, 3.8) is 0 Å². The van der Waals surface area contributed by atoms with Gasteiger partial charge in [0.1, 0.15) is 17.2 Å².